The van der Waals surface area contributed by atoms with Crippen molar-refractivity contribution in [3.63, 3.8) is 0 Å². The number of carboxylic acid groups (broad SMARTS) is 1. The third kappa shape index (κ3) is 2.10. The largest absolute Gasteiger partial charge is 0.481 e. The van der Waals surface area contributed by atoms with Gasteiger partial charge in [0.25, 0.3) is 5.91 Å². The van der Waals surface area contributed by atoms with E-state index in [0.29, 0.717) is 30.1 Å². The lowest BCUT2D eigenvalue weighted by Gasteiger charge is -2.14. The van der Waals surface area contributed by atoms with E-state index < -0.39 is 5.97 Å². The summed E-state index contributed by atoms with van der Waals surface area (Å²) in [6.07, 6.45) is 1.91. The average Bonchev–Trinajstić information content (AvgIpc) is 2.88. The molecule has 3 rings (SSSR count). The van der Waals surface area contributed by atoms with E-state index in [1.807, 2.05) is 0 Å². The van der Waals surface area contributed by atoms with Crippen LogP contribution in [0.25, 0.3) is 5.69 Å². The number of carbonyl (C=O) groups excluding carboxylic acids is 1. The predicted octanol–water partition coefficient (Wildman–Crippen LogP) is 0.260. The number of methoxy groups -OCH3 is 1. The van der Waals surface area contributed by atoms with Gasteiger partial charge in [-0.2, -0.15) is 5.10 Å². The van der Waals surface area contributed by atoms with Crippen molar-refractivity contribution in [1.29, 1.82) is 0 Å². The average molecular weight is 288 g/mol. The van der Waals surface area contributed by atoms with Crippen LogP contribution in [0.15, 0.2) is 18.3 Å². The fraction of sp³-hybridized carbons (Fsp3) is 0.231. The second kappa shape index (κ2) is 4.89. The number of hydrogen-bond acceptors (Lipinski definition) is 5. The molecular weight excluding hydrogens is 276 g/mol. The zero-order chi connectivity index (χ0) is 15.0. The Hall–Kier alpha value is -2.90. The Balaban J connectivity index is 2.17. The highest BCUT2D eigenvalue weighted by atomic mass is 16.5. The Labute approximate surface area is 119 Å². The number of rotatable bonds is 3. The third-order valence-electron chi connectivity index (χ3n) is 3.24. The van der Waals surface area contributed by atoms with Gasteiger partial charge in [0, 0.05) is 18.2 Å². The zero-order valence-electron chi connectivity index (χ0n) is 11.2. The fourth-order valence-corrected chi connectivity index (χ4v) is 2.28. The first-order valence-electron chi connectivity index (χ1n) is 6.25. The minimum atomic E-state index is -1.15. The topological polar surface area (TPSA) is 106 Å². The smallest absolute Gasteiger partial charge is 0.356 e. The van der Waals surface area contributed by atoms with E-state index in [-0.39, 0.29) is 17.3 Å². The van der Waals surface area contributed by atoms with E-state index in [1.54, 1.807) is 12.1 Å². The standard InChI is InChI=1S/C13H12N4O4/c1-21-9-3-2-7(6-15-9)17-11-8(4-5-14-12(11)18)10(16-17)13(19)20/h2-3,6H,4-5H2,1H3,(H,14,18)(H,19,20). The number of ether oxygens (including phenoxy) is 1. The van der Waals surface area contributed by atoms with Gasteiger partial charge in [0.05, 0.1) is 19.0 Å². The number of hydrogen-bond donors (Lipinski definition) is 2. The van der Waals surface area contributed by atoms with Gasteiger partial charge in [0.2, 0.25) is 5.88 Å². The number of aromatic carboxylic acids is 1. The Bertz CT molecular complexity index is 721. The van der Waals surface area contributed by atoms with Crippen LogP contribution in [-0.2, 0) is 6.42 Å². The molecule has 0 spiro atoms. The second-order valence-corrected chi connectivity index (χ2v) is 4.46. The van der Waals surface area contributed by atoms with Crippen LogP contribution in [0.4, 0.5) is 0 Å². The van der Waals surface area contributed by atoms with Crippen molar-refractivity contribution in [3.05, 3.63) is 35.3 Å². The highest BCUT2D eigenvalue weighted by Crippen LogP contribution is 2.22. The van der Waals surface area contributed by atoms with Crippen molar-refractivity contribution < 1.29 is 19.4 Å². The van der Waals surface area contributed by atoms with Gasteiger partial charge in [0.1, 0.15) is 5.69 Å². The third-order valence-corrected chi connectivity index (χ3v) is 3.24. The maximum absolute atomic E-state index is 12.0. The molecule has 3 heterocycles. The van der Waals surface area contributed by atoms with Gasteiger partial charge >= 0.3 is 5.97 Å². The minimum absolute atomic E-state index is 0.101. The summed E-state index contributed by atoms with van der Waals surface area (Å²) in [6, 6.07) is 3.28. The number of aromatic nitrogens is 3. The van der Waals surface area contributed by atoms with E-state index in [1.165, 1.54) is 18.0 Å². The molecule has 8 heteroatoms. The number of pyridine rings is 1. The van der Waals surface area contributed by atoms with Crippen LogP contribution in [-0.4, -0.2) is 45.4 Å². The molecule has 0 radical (unpaired) electrons. The molecule has 0 bridgehead atoms. The molecular formula is C13H12N4O4. The number of nitrogens with one attached hydrogen (secondary N) is 1. The minimum Gasteiger partial charge on any atom is -0.481 e. The van der Waals surface area contributed by atoms with E-state index in [9.17, 15) is 14.7 Å². The summed E-state index contributed by atoms with van der Waals surface area (Å²) in [7, 11) is 1.49. The molecule has 1 amide bonds. The summed E-state index contributed by atoms with van der Waals surface area (Å²) >= 11 is 0. The van der Waals surface area contributed by atoms with Crippen LogP contribution < -0.4 is 10.1 Å². The van der Waals surface area contributed by atoms with E-state index in [4.69, 9.17) is 4.74 Å². The van der Waals surface area contributed by atoms with Crippen molar-refractivity contribution in [2.24, 2.45) is 0 Å². The normalized spacial score (nSPS) is 13.5. The van der Waals surface area contributed by atoms with E-state index in [2.05, 4.69) is 15.4 Å². The van der Waals surface area contributed by atoms with Gasteiger partial charge in [-0.1, -0.05) is 0 Å². The molecule has 0 fully saturated rings. The maximum Gasteiger partial charge on any atom is 0.356 e. The highest BCUT2D eigenvalue weighted by Gasteiger charge is 2.30. The van der Waals surface area contributed by atoms with Crippen LogP contribution in [0, 0.1) is 0 Å². The van der Waals surface area contributed by atoms with Crippen molar-refractivity contribution >= 4 is 11.9 Å². The predicted molar refractivity (Wildman–Crippen MR) is 70.9 cm³/mol. The van der Waals surface area contributed by atoms with Gasteiger partial charge in [-0.25, -0.2) is 14.5 Å². The number of nitrogens with zero attached hydrogens (tertiary/aromatic N) is 3. The van der Waals surface area contributed by atoms with Crippen molar-refractivity contribution in [1.82, 2.24) is 20.1 Å². The van der Waals surface area contributed by atoms with Crippen LogP contribution in [0.3, 0.4) is 0 Å². The first-order chi connectivity index (χ1) is 10.1. The van der Waals surface area contributed by atoms with Gasteiger partial charge in [-0.05, 0) is 12.5 Å². The SMILES string of the molecule is COc1ccc(-n2nc(C(=O)O)c3c2C(=O)NCC3)cn1. The Morgan fingerprint density at radius 3 is 2.90 bits per heavy atom. The van der Waals surface area contributed by atoms with Crippen LogP contribution >= 0.6 is 0 Å². The molecule has 1 aliphatic rings. The summed E-state index contributed by atoms with van der Waals surface area (Å²) in [5.74, 6) is -1.07. The van der Waals surface area contributed by atoms with Crippen LogP contribution in [0.5, 0.6) is 5.88 Å². The Morgan fingerprint density at radius 1 is 1.48 bits per heavy atom. The van der Waals surface area contributed by atoms with Crippen molar-refractivity contribution in [2.45, 2.75) is 6.42 Å². The van der Waals surface area contributed by atoms with Gasteiger partial charge in [-0.15, -0.1) is 0 Å². The molecule has 108 valence electrons. The molecule has 2 N–H and O–H groups in total. The quantitative estimate of drug-likeness (QED) is 0.839. The summed E-state index contributed by atoms with van der Waals surface area (Å²) in [4.78, 5) is 27.3. The highest BCUT2D eigenvalue weighted by molar-refractivity contribution is 5.99. The lowest BCUT2D eigenvalue weighted by molar-refractivity contribution is 0.0688. The van der Waals surface area contributed by atoms with Gasteiger partial charge in [0.15, 0.2) is 5.69 Å². The van der Waals surface area contributed by atoms with Gasteiger partial charge in [-0.3, -0.25) is 4.79 Å². The van der Waals surface area contributed by atoms with Crippen molar-refractivity contribution in [2.75, 3.05) is 13.7 Å². The number of fused-ring (bicyclic) bond motifs is 1. The zero-order valence-corrected chi connectivity index (χ0v) is 11.2. The van der Waals surface area contributed by atoms with E-state index in [0.717, 1.165) is 0 Å². The molecule has 0 saturated heterocycles. The first kappa shape index (κ1) is 13.1. The molecule has 2 aromatic heterocycles. The Kier molecular flexibility index (Phi) is 3.05. The summed E-state index contributed by atoms with van der Waals surface area (Å²) in [5.41, 5.74) is 1.08. The molecule has 0 saturated carbocycles. The maximum atomic E-state index is 12.0. The number of carboxylic acids is 1. The Morgan fingerprint density at radius 2 is 2.29 bits per heavy atom. The summed E-state index contributed by atoms with van der Waals surface area (Å²) < 4.78 is 6.27. The van der Waals surface area contributed by atoms with Crippen LogP contribution in [0.1, 0.15) is 26.5 Å². The first-order valence-corrected chi connectivity index (χ1v) is 6.25. The molecule has 0 atom stereocenters. The number of amides is 1. The lowest BCUT2D eigenvalue weighted by Crippen LogP contribution is -2.33. The molecule has 21 heavy (non-hydrogen) atoms. The number of carbonyl (C=O) groups is 2. The molecule has 2 aromatic rings. The molecule has 0 aromatic carbocycles. The van der Waals surface area contributed by atoms with Crippen molar-refractivity contribution in [3.8, 4) is 11.6 Å². The second-order valence-electron chi connectivity index (χ2n) is 4.46. The molecule has 1 aliphatic heterocycles. The monoisotopic (exact) mass is 288 g/mol. The molecule has 8 nitrogen and oxygen atoms in total. The summed E-state index contributed by atoms with van der Waals surface area (Å²) in [6.45, 7) is 0.401. The lowest BCUT2D eigenvalue weighted by atomic mass is 10.1. The molecule has 0 aliphatic carbocycles. The van der Waals surface area contributed by atoms with Crippen LogP contribution in [0.2, 0.25) is 0 Å². The fourth-order valence-electron chi connectivity index (χ4n) is 2.28. The van der Waals surface area contributed by atoms with E-state index >= 15 is 0 Å². The summed E-state index contributed by atoms with van der Waals surface area (Å²) in [5, 5.41) is 16.0. The molecule has 0 unspecified atom stereocenters. The van der Waals surface area contributed by atoms with Gasteiger partial charge < -0.3 is 15.2 Å².